The first-order chi connectivity index (χ1) is 20.5. The number of furan rings is 1. The van der Waals surface area contributed by atoms with E-state index in [9.17, 15) is 15.0 Å². The van der Waals surface area contributed by atoms with Gasteiger partial charge in [0, 0.05) is 30.5 Å². The van der Waals surface area contributed by atoms with Crippen molar-refractivity contribution in [2.24, 2.45) is 0 Å². The van der Waals surface area contributed by atoms with E-state index in [0.717, 1.165) is 45.2 Å². The second-order valence-electron chi connectivity index (χ2n) is 10.2. The SMILES string of the molecule is O=C(Cc1ccccc1)Cc1ccc(CCNc2ncnc3oc(-c4ccc(O)cc4)c(-c4ccc(O)cc4)c23)cc1. The van der Waals surface area contributed by atoms with Crippen molar-refractivity contribution >= 4 is 22.7 Å². The standard InChI is InChI=1S/C35H29N3O4/c39-28-14-10-26(11-15-28)31-32-34(37-22-38-35(32)42-33(31)27-12-16-29(40)17-13-27)36-19-18-23-6-8-25(9-7-23)21-30(41)20-24-4-2-1-3-5-24/h1-17,22,39-40H,18-21H2,(H,36,37,38). The molecule has 0 saturated carbocycles. The maximum atomic E-state index is 12.5. The first-order valence-electron chi connectivity index (χ1n) is 13.8. The van der Waals surface area contributed by atoms with Gasteiger partial charge in [-0.15, -0.1) is 0 Å². The van der Waals surface area contributed by atoms with E-state index in [2.05, 4.69) is 27.4 Å². The average molecular weight is 556 g/mol. The van der Waals surface area contributed by atoms with Crippen LogP contribution >= 0.6 is 0 Å². The molecule has 7 heteroatoms. The molecule has 7 nitrogen and oxygen atoms in total. The van der Waals surface area contributed by atoms with Gasteiger partial charge in [-0.2, -0.15) is 0 Å². The summed E-state index contributed by atoms with van der Waals surface area (Å²) in [5.41, 5.74) is 6.02. The van der Waals surface area contributed by atoms with Gasteiger partial charge in [0.25, 0.3) is 0 Å². The lowest BCUT2D eigenvalue weighted by atomic mass is 9.99. The van der Waals surface area contributed by atoms with Crippen LogP contribution < -0.4 is 5.32 Å². The monoisotopic (exact) mass is 555 g/mol. The minimum atomic E-state index is 0.162. The number of hydrogen-bond donors (Lipinski definition) is 3. The Kier molecular flexibility index (Phi) is 7.64. The number of benzene rings is 4. The fourth-order valence-electron chi connectivity index (χ4n) is 5.05. The van der Waals surface area contributed by atoms with E-state index in [1.165, 1.54) is 6.33 Å². The Labute approximate surface area is 243 Å². The summed E-state index contributed by atoms with van der Waals surface area (Å²) < 4.78 is 6.23. The minimum absolute atomic E-state index is 0.162. The van der Waals surface area contributed by atoms with Crippen LogP contribution in [0.5, 0.6) is 11.5 Å². The molecule has 208 valence electrons. The highest BCUT2D eigenvalue weighted by molar-refractivity contribution is 6.05. The maximum Gasteiger partial charge on any atom is 0.232 e. The van der Waals surface area contributed by atoms with Gasteiger partial charge in [0.2, 0.25) is 5.71 Å². The highest BCUT2D eigenvalue weighted by Crippen LogP contribution is 2.43. The number of nitrogens with zero attached hydrogens (tertiary/aromatic N) is 2. The topological polar surface area (TPSA) is 108 Å². The second kappa shape index (κ2) is 12.0. The largest absolute Gasteiger partial charge is 0.508 e. The molecule has 0 aliphatic rings. The van der Waals surface area contributed by atoms with E-state index in [-0.39, 0.29) is 17.3 Å². The van der Waals surface area contributed by atoms with Crippen molar-refractivity contribution in [3.05, 3.63) is 126 Å². The van der Waals surface area contributed by atoms with Crippen molar-refractivity contribution in [2.45, 2.75) is 19.3 Å². The molecule has 6 rings (SSSR count). The lowest BCUT2D eigenvalue weighted by Gasteiger charge is -2.09. The number of aromatic nitrogens is 2. The summed E-state index contributed by atoms with van der Waals surface area (Å²) in [6, 6.07) is 31.7. The lowest BCUT2D eigenvalue weighted by molar-refractivity contribution is -0.117. The number of anilines is 1. The zero-order valence-corrected chi connectivity index (χ0v) is 22.8. The van der Waals surface area contributed by atoms with Crippen LogP contribution in [-0.2, 0) is 24.1 Å². The number of fused-ring (bicyclic) bond motifs is 1. The van der Waals surface area contributed by atoms with Gasteiger partial charge in [-0.05, 0) is 65.1 Å². The van der Waals surface area contributed by atoms with E-state index in [4.69, 9.17) is 4.42 Å². The number of phenolic OH excluding ortho intramolecular Hbond substituents is 2. The van der Waals surface area contributed by atoms with Crippen LogP contribution in [0.15, 0.2) is 114 Å². The third kappa shape index (κ3) is 6.00. The van der Waals surface area contributed by atoms with E-state index in [1.807, 2.05) is 54.6 Å². The normalized spacial score (nSPS) is 11.0. The molecular formula is C35H29N3O4. The number of phenols is 2. The quantitative estimate of drug-likeness (QED) is 0.167. The van der Waals surface area contributed by atoms with Gasteiger partial charge in [-0.1, -0.05) is 66.7 Å². The predicted molar refractivity (Wildman–Crippen MR) is 163 cm³/mol. The number of rotatable bonds is 10. The molecule has 0 unspecified atom stereocenters. The first-order valence-corrected chi connectivity index (χ1v) is 13.8. The van der Waals surface area contributed by atoms with E-state index in [0.29, 0.717) is 36.7 Å². The van der Waals surface area contributed by atoms with Gasteiger partial charge in [0.1, 0.15) is 35.2 Å². The smallest absolute Gasteiger partial charge is 0.232 e. The zero-order chi connectivity index (χ0) is 28.9. The Morgan fingerprint density at radius 3 is 1.95 bits per heavy atom. The fraction of sp³-hybridized carbons (Fsp3) is 0.114. The molecule has 0 fully saturated rings. The molecule has 4 aromatic carbocycles. The summed E-state index contributed by atoms with van der Waals surface area (Å²) in [6.07, 6.45) is 3.07. The van der Waals surface area contributed by atoms with Gasteiger partial charge >= 0.3 is 0 Å². The highest BCUT2D eigenvalue weighted by Gasteiger charge is 2.22. The van der Waals surface area contributed by atoms with Crippen LogP contribution in [0.25, 0.3) is 33.6 Å². The summed E-state index contributed by atoms with van der Waals surface area (Å²) in [6.45, 7) is 0.618. The van der Waals surface area contributed by atoms with Crippen LogP contribution in [0.1, 0.15) is 16.7 Å². The summed E-state index contributed by atoms with van der Waals surface area (Å²) in [5.74, 6) is 1.75. The first kappa shape index (κ1) is 26.8. The van der Waals surface area contributed by atoms with Crippen molar-refractivity contribution in [2.75, 3.05) is 11.9 Å². The molecular weight excluding hydrogens is 526 g/mol. The molecule has 6 aromatic rings. The van der Waals surface area contributed by atoms with Crippen molar-refractivity contribution in [1.29, 1.82) is 0 Å². The number of Topliss-reactive ketones (excluding diaryl/α,β-unsaturated/α-hetero) is 1. The van der Waals surface area contributed by atoms with Gasteiger partial charge < -0.3 is 19.9 Å². The van der Waals surface area contributed by atoms with Crippen molar-refractivity contribution < 1.29 is 19.4 Å². The highest BCUT2D eigenvalue weighted by atomic mass is 16.3. The van der Waals surface area contributed by atoms with Crippen LogP contribution in [0.3, 0.4) is 0 Å². The molecule has 0 aliphatic carbocycles. The summed E-state index contributed by atoms with van der Waals surface area (Å²) in [4.78, 5) is 21.4. The molecule has 0 aliphatic heterocycles. The Hall–Kier alpha value is -5.43. The number of aromatic hydroxyl groups is 2. The summed E-state index contributed by atoms with van der Waals surface area (Å²) in [5, 5.41) is 23.9. The van der Waals surface area contributed by atoms with Crippen molar-refractivity contribution in [3.8, 4) is 33.9 Å². The molecule has 0 radical (unpaired) electrons. The number of ketones is 1. The third-order valence-electron chi connectivity index (χ3n) is 7.15. The lowest BCUT2D eigenvalue weighted by Crippen LogP contribution is -2.08. The summed E-state index contributed by atoms with van der Waals surface area (Å²) in [7, 11) is 0. The number of carbonyl (C=O) groups is 1. The molecule has 42 heavy (non-hydrogen) atoms. The van der Waals surface area contributed by atoms with Gasteiger partial charge in [-0.3, -0.25) is 4.79 Å². The van der Waals surface area contributed by atoms with E-state index < -0.39 is 0 Å². The Morgan fingerprint density at radius 2 is 1.29 bits per heavy atom. The third-order valence-corrected chi connectivity index (χ3v) is 7.15. The maximum absolute atomic E-state index is 12.5. The number of carbonyl (C=O) groups excluding carboxylic acids is 1. The molecule has 2 heterocycles. The average Bonchev–Trinajstić information content (AvgIpc) is 3.40. The molecule has 0 spiro atoms. The molecule has 3 N–H and O–H groups in total. The molecule has 2 aromatic heterocycles. The minimum Gasteiger partial charge on any atom is -0.508 e. The van der Waals surface area contributed by atoms with Gasteiger partial charge in [0.05, 0.1) is 5.39 Å². The van der Waals surface area contributed by atoms with Crippen molar-refractivity contribution in [1.82, 2.24) is 9.97 Å². The Morgan fingerprint density at radius 1 is 0.690 bits per heavy atom. The van der Waals surface area contributed by atoms with Crippen LogP contribution in [0.2, 0.25) is 0 Å². The van der Waals surface area contributed by atoms with E-state index in [1.54, 1.807) is 36.4 Å². The fourth-order valence-corrected chi connectivity index (χ4v) is 5.05. The Bertz CT molecular complexity index is 1810. The molecule has 0 bridgehead atoms. The van der Waals surface area contributed by atoms with Crippen LogP contribution in [0.4, 0.5) is 5.82 Å². The van der Waals surface area contributed by atoms with E-state index >= 15 is 0 Å². The van der Waals surface area contributed by atoms with Crippen LogP contribution in [-0.4, -0.2) is 32.5 Å². The van der Waals surface area contributed by atoms with Gasteiger partial charge in [0.15, 0.2) is 0 Å². The number of hydrogen-bond acceptors (Lipinski definition) is 7. The summed E-state index contributed by atoms with van der Waals surface area (Å²) >= 11 is 0. The molecule has 0 saturated heterocycles. The molecule has 0 amide bonds. The van der Waals surface area contributed by atoms with Gasteiger partial charge in [-0.25, -0.2) is 9.97 Å². The molecule has 0 atom stereocenters. The Balaban J connectivity index is 1.20. The zero-order valence-electron chi connectivity index (χ0n) is 22.8. The predicted octanol–water partition coefficient (Wildman–Crippen LogP) is 6.98. The van der Waals surface area contributed by atoms with Crippen molar-refractivity contribution in [3.63, 3.8) is 0 Å². The second-order valence-corrected chi connectivity index (χ2v) is 10.2. The van der Waals surface area contributed by atoms with Crippen LogP contribution in [0, 0.1) is 0 Å². The number of nitrogens with one attached hydrogen (secondary N) is 1.